The summed E-state index contributed by atoms with van der Waals surface area (Å²) in [5.41, 5.74) is 7.13. The van der Waals surface area contributed by atoms with Gasteiger partial charge in [0, 0.05) is 18.0 Å². The molecule has 5 heteroatoms. The lowest BCUT2D eigenvalue weighted by molar-refractivity contribution is 0.270. The van der Waals surface area contributed by atoms with Gasteiger partial charge in [0.1, 0.15) is 0 Å². The Bertz CT molecular complexity index is 438. The van der Waals surface area contributed by atoms with Crippen molar-refractivity contribution in [2.24, 2.45) is 16.6 Å². The zero-order chi connectivity index (χ0) is 13.1. The van der Waals surface area contributed by atoms with E-state index >= 15 is 0 Å². The molecule has 1 atom stereocenters. The standard InChI is InChI=1S/C13H22N4S/c1-9-5-4-6-17(8-9)13(14)15-7-12-10(2)18-11(3)16-12/h9H,4-8H2,1-3H3,(H2,14,15). The maximum atomic E-state index is 6.07. The summed E-state index contributed by atoms with van der Waals surface area (Å²) in [7, 11) is 0. The molecule has 1 unspecified atom stereocenters. The van der Waals surface area contributed by atoms with Crippen LogP contribution in [0.3, 0.4) is 0 Å². The summed E-state index contributed by atoms with van der Waals surface area (Å²) in [6.45, 7) is 9.06. The molecule has 0 radical (unpaired) electrons. The molecule has 2 heterocycles. The van der Waals surface area contributed by atoms with Gasteiger partial charge in [-0.2, -0.15) is 0 Å². The van der Waals surface area contributed by atoms with Crippen molar-refractivity contribution in [1.82, 2.24) is 9.88 Å². The lowest BCUT2D eigenvalue weighted by Crippen LogP contribution is -2.43. The van der Waals surface area contributed by atoms with Gasteiger partial charge in [0.05, 0.1) is 17.2 Å². The second-order valence-corrected chi connectivity index (χ2v) is 6.51. The third-order valence-corrected chi connectivity index (χ3v) is 4.30. The van der Waals surface area contributed by atoms with Gasteiger partial charge in [0.15, 0.2) is 5.96 Å². The highest BCUT2D eigenvalue weighted by molar-refractivity contribution is 7.11. The van der Waals surface area contributed by atoms with Crippen LogP contribution in [0.15, 0.2) is 4.99 Å². The van der Waals surface area contributed by atoms with E-state index in [1.807, 2.05) is 6.92 Å². The van der Waals surface area contributed by atoms with E-state index in [1.54, 1.807) is 11.3 Å². The van der Waals surface area contributed by atoms with E-state index in [4.69, 9.17) is 5.73 Å². The molecule has 2 N–H and O–H groups in total. The number of guanidine groups is 1. The normalized spacial score (nSPS) is 21.4. The number of aliphatic imine (C=N–C) groups is 1. The van der Waals surface area contributed by atoms with Crippen LogP contribution in [-0.4, -0.2) is 28.9 Å². The maximum Gasteiger partial charge on any atom is 0.191 e. The number of nitrogens with zero attached hydrogens (tertiary/aromatic N) is 3. The fourth-order valence-electron chi connectivity index (χ4n) is 2.37. The van der Waals surface area contributed by atoms with E-state index in [0.717, 1.165) is 29.7 Å². The first-order chi connectivity index (χ1) is 8.56. The molecule has 1 aliphatic heterocycles. The van der Waals surface area contributed by atoms with Crippen LogP contribution < -0.4 is 5.73 Å². The van der Waals surface area contributed by atoms with Crippen molar-refractivity contribution in [1.29, 1.82) is 0 Å². The van der Waals surface area contributed by atoms with Crippen molar-refractivity contribution in [3.8, 4) is 0 Å². The molecule has 1 saturated heterocycles. The molecule has 4 nitrogen and oxygen atoms in total. The van der Waals surface area contributed by atoms with E-state index in [9.17, 15) is 0 Å². The maximum absolute atomic E-state index is 6.07. The highest BCUT2D eigenvalue weighted by atomic mass is 32.1. The number of nitrogens with two attached hydrogens (primary N) is 1. The minimum absolute atomic E-state index is 0.604. The minimum Gasteiger partial charge on any atom is -0.370 e. The van der Waals surface area contributed by atoms with Crippen molar-refractivity contribution in [2.45, 2.75) is 40.2 Å². The van der Waals surface area contributed by atoms with Crippen LogP contribution in [-0.2, 0) is 6.54 Å². The average Bonchev–Trinajstić information content (AvgIpc) is 2.65. The zero-order valence-corrected chi connectivity index (χ0v) is 12.3. The number of aromatic nitrogens is 1. The van der Waals surface area contributed by atoms with Crippen LogP contribution in [0.2, 0.25) is 0 Å². The smallest absolute Gasteiger partial charge is 0.191 e. The fourth-order valence-corrected chi connectivity index (χ4v) is 3.20. The predicted molar refractivity (Wildman–Crippen MR) is 76.9 cm³/mol. The van der Waals surface area contributed by atoms with E-state index in [2.05, 4.69) is 28.7 Å². The topological polar surface area (TPSA) is 54.5 Å². The van der Waals surface area contributed by atoms with Crippen molar-refractivity contribution < 1.29 is 0 Å². The SMILES string of the molecule is Cc1nc(CN=C(N)N2CCCC(C)C2)c(C)s1. The van der Waals surface area contributed by atoms with Gasteiger partial charge in [-0.25, -0.2) is 9.98 Å². The molecule has 0 saturated carbocycles. The lowest BCUT2D eigenvalue weighted by atomic mass is 10.0. The molecule has 1 aromatic heterocycles. The number of thiazole rings is 1. The number of piperidine rings is 1. The van der Waals surface area contributed by atoms with Crippen molar-refractivity contribution >= 4 is 17.3 Å². The van der Waals surface area contributed by atoms with E-state index < -0.39 is 0 Å². The predicted octanol–water partition coefficient (Wildman–Crippen LogP) is 2.31. The first-order valence-electron chi connectivity index (χ1n) is 6.54. The first kappa shape index (κ1) is 13.3. The van der Waals surface area contributed by atoms with Crippen LogP contribution in [0.5, 0.6) is 0 Å². The average molecular weight is 266 g/mol. The van der Waals surface area contributed by atoms with E-state index in [-0.39, 0.29) is 0 Å². The van der Waals surface area contributed by atoms with Crippen molar-refractivity contribution in [2.75, 3.05) is 13.1 Å². The van der Waals surface area contributed by atoms with Crippen molar-refractivity contribution in [3.63, 3.8) is 0 Å². The first-order valence-corrected chi connectivity index (χ1v) is 7.35. The van der Waals surface area contributed by atoms with Crippen molar-refractivity contribution in [3.05, 3.63) is 15.6 Å². The quantitative estimate of drug-likeness (QED) is 0.660. The van der Waals surface area contributed by atoms with Gasteiger partial charge in [0.2, 0.25) is 0 Å². The molecule has 0 bridgehead atoms. The Morgan fingerprint density at radius 1 is 1.56 bits per heavy atom. The summed E-state index contributed by atoms with van der Waals surface area (Å²) < 4.78 is 0. The molecule has 0 amide bonds. The molecule has 0 aromatic carbocycles. The summed E-state index contributed by atoms with van der Waals surface area (Å²) in [5, 5.41) is 1.10. The summed E-state index contributed by atoms with van der Waals surface area (Å²) in [5.74, 6) is 1.39. The van der Waals surface area contributed by atoms with Crippen LogP contribution in [0.25, 0.3) is 0 Å². The monoisotopic (exact) mass is 266 g/mol. The van der Waals surface area contributed by atoms with E-state index in [1.165, 1.54) is 17.7 Å². The zero-order valence-electron chi connectivity index (χ0n) is 11.4. The Hall–Kier alpha value is -1.10. The molecule has 0 spiro atoms. The molecule has 2 rings (SSSR count). The highest BCUT2D eigenvalue weighted by Crippen LogP contribution is 2.18. The molecule has 100 valence electrons. The van der Waals surface area contributed by atoms with Crippen LogP contribution in [0.1, 0.15) is 35.3 Å². The molecule has 1 fully saturated rings. The number of aryl methyl sites for hydroxylation is 2. The van der Waals surface area contributed by atoms with Crippen LogP contribution in [0, 0.1) is 19.8 Å². The highest BCUT2D eigenvalue weighted by Gasteiger charge is 2.17. The third kappa shape index (κ3) is 3.22. The Kier molecular flexibility index (Phi) is 4.22. The fraction of sp³-hybridized carbons (Fsp3) is 0.692. The number of likely N-dealkylation sites (tertiary alicyclic amines) is 1. The largest absolute Gasteiger partial charge is 0.370 e. The van der Waals surface area contributed by atoms with Crippen LogP contribution in [0.4, 0.5) is 0 Å². The Morgan fingerprint density at radius 3 is 2.94 bits per heavy atom. The second-order valence-electron chi connectivity index (χ2n) is 5.10. The van der Waals surface area contributed by atoms with Crippen LogP contribution >= 0.6 is 11.3 Å². The minimum atomic E-state index is 0.604. The lowest BCUT2D eigenvalue weighted by Gasteiger charge is -2.31. The molecule has 18 heavy (non-hydrogen) atoms. The second kappa shape index (κ2) is 5.69. The summed E-state index contributed by atoms with van der Waals surface area (Å²) in [4.78, 5) is 12.4. The van der Waals surface area contributed by atoms with E-state index in [0.29, 0.717) is 12.5 Å². The number of hydrogen-bond acceptors (Lipinski definition) is 3. The Morgan fingerprint density at radius 2 is 2.33 bits per heavy atom. The summed E-state index contributed by atoms with van der Waals surface area (Å²) in [6.07, 6.45) is 2.51. The molecular weight excluding hydrogens is 244 g/mol. The molecular formula is C13H22N4S. The Labute approximate surface area is 113 Å². The molecule has 0 aliphatic carbocycles. The Balaban J connectivity index is 1.98. The van der Waals surface area contributed by atoms with Gasteiger partial charge in [-0.3, -0.25) is 0 Å². The van der Waals surface area contributed by atoms with Gasteiger partial charge in [-0.05, 0) is 32.6 Å². The van der Waals surface area contributed by atoms with Gasteiger partial charge in [-0.1, -0.05) is 6.92 Å². The van der Waals surface area contributed by atoms with Gasteiger partial charge in [0.25, 0.3) is 0 Å². The summed E-state index contributed by atoms with van der Waals surface area (Å²) >= 11 is 1.72. The van der Waals surface area contributed by atoms with Gasteiger partial charge in [-0.15, -0.1) is 11.3 Å². The van der Waals surface area contributed by atoms with Gasteiger partial charge >= 0.3 is 0 Å². The summed E-state index contributed by atoms with van der Waals surface area (Å²) in [6, 6.07) is 0. The molecule has 1 aliphatic rings. The third-order valence-electron chi connectivity index (χ3n) is 3.37. The molecule has 1 aromatic rings. The van der Waals surface area contributed by atoms with Gasteiger partial charge < -0.3 is 10.6 Å². The number of rotatable bonds is 2. The number of hydrogen-bond donors (Lipinski definition) is 1.